The fourth-order valence-electron chi connectivity index (χ4n) is 2.75. The zero-order chi connectivity index (χ0) is 13.1. The van der Waals surface area contributed by atoms with Crippen molar-refractivity contribution in [1.82, 2.24) is 4.90 Å². The van der Waals surface area contributed by atoms with Crippen LogP contribution >= 0.6 is 12.4 Å². The topological polar surface area (TPSA) is 59.5 Å². The minimum atomic E-state index is 0. The van der Waals surface area contributed by atoms with E-state index >= 15 is 0 Å². The summed E-state index contributed by atoms with van der Waals surface area (Å²) in [5.74, 6) is 0.730. The van der Waals surface area contributed by atoms with Gasteiger partial charge < -0.3 is 15.1 Å². The Bertz CT molecular complexity index is 411. The molecule has 1 saturated carbocycles. The van der Waals surface area contributed by atoms with Crippen molar-refractivity contribution in [2.45, 2.75) is 58.2 Å². The van der Waals surface area contributed by atoms with Gasteiger partial charge >= 0.3 is 0 Å². The van der Waals surface area contributed by atoms with E-state index in [9.17, 15) is 4.79 Å². The number of nitrogens with zero attached hydrogens (tertiary/aromatic N) is 1. The zero-order valence-corrected chi connectivity index (χ0v) is 12.4. The van der Waals surface area contributed by atoms with Crippen LogP contribution in [0, 0.1) is 0 Å². The molecule has 0 aromatic carbocycles. The van der Waals surface area contributed by atoms with E-state index in [1.165, 1.54) is 19.1 Å². The predicted molar refractivity (Wildman–Crippen MR) is 77.4 cm³/mol. The summed E-state index contributed by atoms with van der Waals surface area (Å²) in [6.45, 7) is 4.47. The van der Waals surface area contributed by atoms with Gasteiger partial charge in [-0.15, -0.1) is 12.4 Å². The Morgan fingerprint density at radius 1 is 1.47 bits per heavy atom. The van der Waals surface area contributed by atoms with Gasteiger partial charge in [0.05, 0.1) is 12.1 Å². The molecule has 1 aliphatic rings. The first-order valence-corrected chi connectivity index (χ1v) is 6.73. The molecule has 1 amide bonds. The zero-order valence-electron chi connectivity index (χ0n) is 11.6. The van der Waals surface area contributed by atoms with E-state index in [0.29, 0.717) is 23.9 Å². The first-order valence-electron chi connectivity index (χ1n) is 6.73. The van der Waals surface area contributed by atoms with Crippen LogP contribution in [0.4, 0.5) is 0 Å². The van der Waals surface area contributed by atoms with Crippen molar-refractivity contribution in [2.24, 2.45) is 5.73 Å². The molecule has 2 rings (SSSR count). The van der Waals surface area contributed by atoms with Crippen molar-refractivity contribution in [3.05, 3.63) is 23.7 Å². The monoisotopic (exact) mass is 286 g/mol. The lowest BCUT2D eigenvalue weighted by molar-refractivity contribution is 0.0612. The first kappa shape index (κ1) is 16.1. The van der Waals surface area contributed by atoms with Gasteiger partial charge in [-0.25, -0.2) is 0 Å². The highest BCUT2D eigenvalue weighted by molar-refractivity contribution is 5.94. The second-order valence-electron chi connectivity index (χ2n) is 5.25. The van der Waals surface area contributed by atoms with Crippen molar-refractivity contribution in [3.8, 4) is 0 Å². The Balaban J connectivity index is 0.00000180. The van der Waals surface area contributed by atoms with Crippen molar-refractivity contribution in [1.29, 1.82) is 0 Å². The van der Waals surface area contributed by atoms with Gasteiger partial charge in [0, 0.05) is 12.1 Å². The van der Waals surface area contributed by atoms with Gasteiger partial charge in [0.25, 0.3) is 5.91 Å². The fraction of sp³-hybridized carbons (Fsp3) is 0.643. The van der Waals surface area contributed by atoms with E-state index in [1.54, 1.807) is 6.07 Å². The van der Waals surface area contributed by atoms with Gasteiger partial charge in [-0.3, -0.25) is 4.79 Å². The minimum absolute atomic E-state index is 0. The van der Waals surface area contributed by atoms with Crippen LogP contribution in [0.5, 0.6) is 0 Å². The summed E-state index contributed by atoms with van der Waals surface area (Å²) in [5, 5.41) is 0. The lowest BCUT2D eigenvalue weighted by Gasteiger charge is -2.32. The summed E-state index contributed by atoms with van der Waals surface area (Å²) < 4.78 is 5.25. The Morgan fingerprint density at radius 2 is 2.11 bits per heavy atom. The number of carbonyl (C=O) groups excluding carboxylic acids is 1. The second kappa shape index (κ2) is 6.96. The van der Waals surface area contributed by atoms with E-state index in [1.807, 2.05) is 4.90 Å². The van der Waals surface area contributed by atoms with Gasteiger partial charge in [-0.1, -0.05) is 12.8 Å². The summed E-state index contributed by atoms with van der Waals surface area (Å²) >= 11 is 0. The summed E-state index contributed by atoms with van der Waals surface area (Å²) in [6.07, 6.45) is 6.20. The fourth-order valence-corrected chi connectivity index (χ4v) is 2.75. The largest absolute Gasteiger partial charge is 0.467 e. The van der Waals surface area contributed by atoms with E-state index in [0.717, 1.165) is 12.8 Å². The Morgan fingerprint density at radius 3 is 2.58 bits per heavy atom. The average molecular weight is 287 g/mol. The molecule has 0 unspecified atom stereocenters. The Hall–Kier alpha value is -1.00. The smallest absolute Gasteiger partial charge is 0.257 e. The SMILES string of the molecule is CC(C)N(C(=O)c1coc(CN)c1)C1CCCC1.Cl. The molecular weight excluding hydrogens is 264 g/mol. The normalized spacial score (nSPS) is 15.6. The number of rotatable bonds is 4. The average Bonchev–Trinajstić information content (AvgIpc) is 2.99. The lowest BCUT2D eigenvalue weighted by atomic mass is 10.1. The standard InChI is InChI=1S/C14H22N2O2.ClH/c1-10(2)16(12-5-3-4-6-12)14(17)11-7-13(8-15)18-9-11;/h7,9-10,12H,3-6,8,15H2,1-2H3;1H. The highest BCUT2D eigenvalue weighted by atomic mass is 35.5. The van der Waals surface area contributed by atoms with Crippen molar-refractivity contribution < 1.29 is 9.21 Å². The van der Waals surface area contributed by atoms with Gasteiger partial charge in [-0.05, 0) is 32.8 Å². The third-order valence-corrected chi connectivity index (χ3v) is 3.61. The lowest BCUT2D eigenvalue weighted by Crippen LogP contribution is -2.43. The first-order chi connectivity index (χ1) is 8.63. The molecule has 0 spiro atoms. The quantitative estimate of drug-likeness (QED) is 0.926. The number of carbonyl (C=O) groups is 1. The molecule has 4 nitrogen and oxygen atoms in total. The van der Waals surface area contributed by atoms with E-state index in [4.69, 9.17) is 10.2 Å². The minimum Gasteiger partial charge on any atom is -0.467 e. The molecule has 5 heteroatoms. The molecule has 0 saturated heterocycles. The summed E-state index contributed by atoms with van der Waals surface area (Å²) in [6, 6.07) is 2.36. The van der Waals surface area contributed by atoms with Crippen LogP contribution in [0.3, 0.4) is 0 Å². The van der Waals surface area contributed by atoms with E-state index in [2.05, 4.69) is 13.8 Å². The predicted octanol–water partition coefficient (Wildman–Crippen LogP) is 2.95. The van der Waals surface area contributed by atoms with Crippen LogP contribution < -0.4 is 5.73 Å². The number of hydrogen-bond donors (Lipinski definition) is 1. The van der Waals surface area contributed by atoms with Crippen LogP contribution in [0.15, 0.2) is 16.7 Å². The molecule has 2 N–H and O–H groups in total. The van der Waals surface area contributed by atoms with Crippen LogP contribution in [0.1, 0.15) is 55.6 Å². The molecular formula is C14H23ClN2O2. The molecule has 1 aromatic rings. The van der Waals surface area contributed by atoms with Crippen molar-refractivity contribution in [3.63, 3.8) is 0 Å². The van der Waals surface area contributed by atoms with Crippen LogP contribution in [-0.2, 0) is 6.54 Å². The third-order valence-electron chi connectivity index (χ3n) is 3.61. The molecule has 0 bridgehead atoms. The number of amides is 1. The number of furan rings is 1. The molecule has 1 aliphatic carbocycles. The van der Waals surface area contributed by atoms with Crippen LogP contribution in [0.2, 0.25) is 0 Å². The Labute approximate surface area is 120 Å². The van der Waals surface area contributed by atoms with Crippen LogP contribution in [0.25, 0.3) is 0 Å². The van der Waals surface area contributed by atoms with E-state index in [-0.39, 0.29) is 24.4 Å². The molecule has 19 heavy (non-hydrogen) atoms. The molecule has 0 radical (unpaired) electrons. The maximum absolute atomic E-state index is 12.5. The summed E-state index contributed by atoms with van der Waals surface area (Å²) in [4.78, 5) is 14.5. The van der Waals surface area contributed by atoms with E-state index < -0.39 is 0 Å². The molecule has 108 valence electrons. The van der Waals surface area contributed by atoms with Gasteiger partial charge in [0.1, 0.15) is 12.0 Å². The molecule has 0 aliphatic heterocycles. The molecule has 1 fully saturated rings. The molecule has 1 heterocycles. The maximum atomic E-state index is 12.5. The van der Waals surface area contributed by atoms with Crippen LogP contribution in [-0.4, -0.2) is 22.9 Å². The highest BCUT2D eigenvalue weighted by Gasteiger charge is 2.30. The summed E-state index contributed by atoms with van der Waals surface area (Å²) in [5.41, 5.74) is 6.12. The summed E-state index contributed by atoms with van der Waals surface area (Å²) in [7, 11) is 0. The van der Waals surface area contributed by atoms with Crippen molar-refractivity contribution >= 4 is 18.3 Å². The second-order valence-corrected chi connectivity index (χ2v) is 5.25. The Kier molecular flexibility index (Phi) is 5.88. The number of hydrogen-bond acceptors (Lipinski definition) is 3. The number of nitrogens with two attached hydrogens (primary N) is 1. The highest BCUT2D eigenvalue weighted by Crippen LogP contribution is 2.27. The molecule has 1 aromatic heterocycles. The molecule has 0 atom stereocenters. The van der Waals surface area contributed by atoms with Gasteiger partial charge in [0.15, 0.2) is 0 Å². The van der Waals surface area contributed by atoms with Gasteiger partial charge in [0.2, 0.25) is 0 Å². The number of halogens is 1. The van der Waals surface area contributed by atoms with Gasteiger partial charge in [-0.2, -0.15) is 0 Å². The van der Waals surface area contributed by atoms with Crippen molar-refractivity contribution in [2.75, 3.05) is 0 Å². The third kappa shape index (κ3) is 3.51. The maximum Gasteiger partial charge on any atom is 0.257 e.